The minimum atomic E-state index is -0.657. The van der Waals surface area contributed by atoms with Crippen LogP contribution in [-0.4, -0.2) is 21.7 Å². The fourth-order valence-corrected chi connectivity index (χ4v) is 3.45. The minimum absolute atomic E-state index is 0.182. The van der Waals surface area contributed by atoms with Gasteiger partial charge in [-0.05, 0) is 37.5 Å². The number of hydrogen-bond acceptors (Lipinski definition) is 2. The normalized spacial score (nSPS) is 24.7. The molecular formula is C13H16INO2. The molecule has 17 heavy (non-hydrogen) atoms. The summed E-state index contributed by atoms with van der Waals surface area (Å²) in [5, 5.41) is 9.04. The molecule has 4 heteroatoms. The first-order valence-electron chi connectivity index (χ1n) is 5.78. The molecule has 1 aliphatic rings. The van der Waals surface area contributed by atoms with Crippen LogP contribution in [0.25, 0.3) is 0 Å². The molecule has 0 bridgehead atoms. The van der Waals surface area contributed by atoms with E-state index in [2.05, 4.69) is 58.7 Å². The Morgan fingerprint density at radius 2 is 2.29 bits per heavy atom. The highest BCUT2D eigenvalue weighted by Gasteiger charge is 2.30. The molecule has 1 fully saturated rings. The number of carbonyl (C=O) groups is 1. The van der Waals surface area contributed by atoms with Gasteiger partial charge in [-0.25, -0.2) is 0 Å². The third kappa shape index (κ3) is 2.91. The Balaban J connectivity index is 2.12. The number of carboxylic acids is 1. The number of halogens is 1. The van der Waals surface area contributed by atoms with Crippen molar-refractivity contribution in [2.45, 2.75) is 23.8 Å². The van der Waals surface area contributed by atoms with Gasteiger partial charge in [0.05, 0.1) is 9.97 Å². The highest BCUT2D eigenvalue weighted by atomic mass is 127. The number of hydrogen-bond donors (Lipinski definition) is 1. The summed E-state index contributed by atoms with van der Waals surface area (Å²) >= 11 is 2.35. The zero-order chi connectivity index (χ0) is 12.4. The van der Waals surface area contributed by atoms with Gasteiger partial charge in [0.25, 0.3) is 0 Å². The number of rotatable bonds is 2. The van der Waals surface area contributed by atoms with Crippen LogP contribution in [0.15, 0.2) is 24.3 Å². The van der Waals surface area contributed by atoms with Crippen LogP contribution in [-0.2, 0) is 4.79 Å². The fraction of sp³-hybridized carbons (Fsp3) is 0.462. The van der Waals surface area contributed by atoms with Gasteiger partial charge < -0.3 is 10.0 Å². The van der Waals surface area contributed by atoms with Crippen LogP contribution in [0.5, 0.6) is 0 Å². The Hall–Kier alpha value is -0.780. The van der Waals surface area contributed by atoms with E-state index in [4.69, 9.17) is 5.11 Å². The van der Waals surface area contributed by atoms with Crippen LogP contribution in [0.4, 0.5) is 5.69 Å². The number of carboxylic acid groups (broad SMARTS) is 1. The topological polar surface area (TPSA) is 40.5 Å². The molecule has 2 atom stereocenters. The molecule has 0 aromatic heterocycles. The van der Waals surface area contributed by atoms with E-state index in [1.165, 1.54) is 11.3 Å². The van der Waals surface area contributed by atoms with Crippen molar-refractivity contribution in [3.8, 4) is 0 Å². The van der Waals surface area contributed by atoms with Crippen molar-refractivity contribution in [2.24, 2.45) is 5.92 Å². The van der Waals surface area contributed by atoms with Gasteiger partial charge in [0.2, 0.25) is 0 Å². The maximum Gasteiger partial charge on any atom is 0.306 e. The maximum absolute atomic E-state index is 11.0. The lowest BCUT2D eigenvalue weighted by atomic mass is 9.96. The van der Waals surface area contributed by atoms with E-state index in [9.17, 15) is 4.79 Å². The Morgan fingerprint density at radius 1 is 1.53 bits per heavy atom. The van der Waals surface area contributed by atoms with Crippen molar-refractivity contribution in [3.63, 3.8) is 0 Å². The first kappa shape index (κ1) is 12.7. The Labute approximate surface area is 115 Å². The van der Waals surface area contributed by atoms with Gasteiger partial charge in [-0.2, -0.15) is 0 Å². The summed E-state index contributed by atoms with van der Waals surface area (Å²) in [5.41, 5.74) is 2.44. The summed E-state index contributed by atoms with van der Waals surface area (Å²) in [6.07, 6.45) is 1.46. The molecule has 1 aromatic rings. The Kier molecular flexibility index (Phi) is 3.91. The predicted molar refractivity (Wildman–Crippen MR) is 76.7 cm³/mol. The fourth-order valence-electron chi connectivity index (χ4n) is 2.24. The van der Waals surface area contributed by atoms with Gasteiger partial charge >= 0.3 is 5.97 Å². The van der Waals surface area contributed by atoms with Crippen molar-refractivity contribution in [1.82, 2.24) is 0 Å². The van der Waals surface area contributed by atoms with Crippen molar-refractivity contribution in [1.29, 1.82) is 0 Å². The summed E-state index contributed by atoms with van der Waals surface area (Å²) in [6, 6.07) is 8.39. The van der Waals surface area contributed by atoms with E-state index in [-0.39, 0.29) is 9.97 Å². The number of benzene rings is 1. The van der Waals surface area contributed by atoms with Crippen LogP contribution in [0.1, 0.15) is 18.4 Å². The molecule has 0 aliphatic carbocycles. The van der Waals surface area contributed by atoms with Crippen LogP contribution in [0, 0.1) is 12.8 Å². The molecule has 0 saturated carbocycles. The molecule has 0 spiro atoms. The Morgan fingerprint density at radius 3 is 2.88 bits per heavy atom. The van der Waals surface area contributed by atoms with Crippen LogP contribution in [0.2, 0.25) is 0 Å². The van der Waals surface area contributed by atoms with Gasteiger partial charge in [0.15, 0.2) is 0 Å². The van der Waals surface area contributed by atoms with Gasteiger partial charge in [-0.3, -0.25) is 4.79 Å². The average molecular weight is 345 g/mol. The number of nitrogens with zero attached hydrogens (tertiary/aromatic N) is 1. The molecule has 2 unspecified atom stereocenters. The van der Waals surface area contributed by atoms with Crippen molar-refractivity contribution >= 4 is 34.2 Å². The maximum atomic E-state index is 11.0. The zero-order valence-corrected chi connectivity index (χ0v) is 11.9. The van der Waals surface area contributed by atoms with E-state index < -0.39 is 5.97 Å². The summed E-state index contributed by atoms with van der Waals surface area (Å²) in [6.45, 7) is 2.91. The summed E-state index contributed by atoms with van der Waals surface area (Å²) in [5.74, 6) is -0.839. The average Bonchev–Trinajstić information content (AvgIpc) is 2.28. The van der Waals surface area contributed by atoms with Crippen molar-refractivity contribution < 1.29 is 9.90 Å². The second-order valence-corrected chi connectivity index (χ2v) is 5.96. The van der Waals surface area contributed by atoms with Crippen LogP contribution >= 0.6 is 22.6 Å². The Bertz CT molecular complexity index is 422. The van der Waals surface area contributed by atoms with Crippen LogP contribution in [0.3, 0.4) is 0 Å². The molecule has 92 valence electrons. The largest absolute Gasteiger partial charge is 0.481 e. The number of alkyl halides is 1. The molecule has 1 heterocycles. The molecule has 0 radical (unpaired) electrons. The highest BCUT2D eigenvalue weighted by Crippen LogP contribution is 2.31. The lowest BCUT2D eigenvalue weighted by Crippen LogP contribution is -2.41. The van der Waals surface area contributed by atoms with E-state index in [1.807, 2.05) is 0 Å². The first-order valence-corrected chi connectivity index (χ1v) is 7.02. The molecule has 2 rings (SSSR count). The third-order valence-electron chi connectivity index (χ3n) is 3.22. The molecule has 1 aromatic carbocycles. The second-order valence-electron chi connectivity index (χ2n) is 4.53. The van der Waals surface area contributed by atoms with E-state index >= 15 is 0 Å². The molecule has 1 aliphatic heterocycles. The number of aliphatic carboxylic acids is 1. The SMILES string of the molecule is Cc1cccc(N2CCC(C(=O)O)CC2I)c1. The standard InChI is InChI=1S/C13H16INO2/c1-9-3-2-4-11(7-9)15-6-5-10(13(16)17)8-12(15)14/h2-4,7,10,12H,5-6,8H2,1H3,(H,16,17). The first-order chi connectivity index (χ1) is 8.08. The smallest absolute Gasteiger partial charge is 0.306 e. The summed E-state index contributed by atoms with van der Waals surface area (Å²) < 4.78 is 0.268. The monoisotopic (exact) mass is 345 g/mol. The highest BCUT2D eigenvalue weighted by molar-refractivity contribution is 14.1. The molecule has 1 N–H and O–H groups in total. The third-order valence-corrected chi connectivity index (χ3v) is 4.40. The lowest BCUT2D eigenvalue weighted by Gasteiger charge is -2.36. The second kappa shape index (κ2) is 5.25. The summed E-state index contributed by atoms with van der Waals surface area (Å²) in [4.78, 5) is 13.3. The van der Waals surface area contributed by atoms with E-state index in [0.29, 0.717) is 0 Å². The molecule has 3 nitrogen and oxygen atoms in total. The number of piperidine rings is 1. The van der Waals surface area contributed by atoms with Gasteiger partial charge in [-0.1, -0.05) is 34.7 Å². The quantitative estimate of drug-likeness (QED) is 0.509. The lowest BCUT2D eigenvalue weighted by molar-refractivity contribution is -0.142. The molecule has 1 saturated heterocycles. The minimum Gasteiger partial charge on any atom is -0.481 e. The van der Waals surface area contributed by atoms with Gasteiger partial charge in [-0.15, -0.1) is 0 Å². The molecular weight excluding hydrogens is 329 g/mol. The van der Waals surface area contributed by atoms with Crippen molar-refractivity contribution in [2.75, 3.05) is 11.4 Å². The number of aryl methyl sites for hydroxylation is 1. The predicted octanol–water partition coefficient (Wildman–Crippen LogP) is 3.06. The zero-order valence-electron chi connectivity index (χ0n) is 9.77. The van der Waals surface area contributed by atoms with Crippen molar-refractivity contribution in [3.05, 3.63) is 29.8 Å². The van der Waals surface area contributed by atoms with E-state index in [0.717, 1.165) is 19.4 Å². The van der Waals surface area contributed by atoms with Gasteiger partial charge in [0.1, 0.15) is 0 Å². The number of anilines is 1. The molecule has 0 amide bonds. The summed E-state index contributed by atoms with van der Waals surface area (Å²) in [7, 11) is 0. The van der Waals surface area contributed by atoms with E-state index in [1.54, 1.807) is 0 Å². The van der Waals surface area contributed by atoms with Crippen LogP contribution < -0.4 is 4.90 Å². The van der Waals surface area contributed by atoms with Gasteiger partial charge in [0, 0.05) is 12.2 Å².